The van der Waals surface area contributed by atoms with E-state index in [1.165, 1.54) is 11.1 Å². The van der Waals surface area contributed by atoms with Crippen molar-refractivity contribution in [2.24, 2.45) is 0 Å². The number of carbonyl (C=O) groups excluding carboxylic acids is 2. The quantitative estimate of drug-likeness (QED) is 0.588. The summed E-state index contributed by atoms with van der Waals surface area (Å²) >= 11 is 0. The van der Waals surface area contributed by atoms with E-state index in [0.29, 0.717) is 36.8 Å². The average Bonchev–Trinajstić information content (AvgIpc) is 3.24. The number of amides is 1. The number of nitrogens with zero attached hydrogens (tertiary/aromatic N) is 1. The number of carbonyl (C=O) groups is 2. The number of hydrogen-bond donors (Lipinski definition) is 0. The van der Waals surface area contributed by atoms with Gasteiger partial charge in [0.15, 0.2) is 18.1 Å². The normalized spacial score (nSPS) is 12.2. The Balaban J connectivity index is 1.59. The molecule has 30 heavy (non-hydrogen) atoms. The van der Waals surface area contributed by atoms with Gasteiger partial charge in [0.2, 0.25) is 0 Å². The molecule has 6 nitrogen and oxygen atoms in total. The van der Waals surface area contributed by atoms with E-state index in [0.717, 1.165) is 24.8 Å². The van der Waals surface area contributed by atoms with Gasteiger partial charge in [0.1, 0.15) is 0 Å². The number of benzene rings is 2. The van der Waals surface area contributed by atoms with Crippen LogP contribution in [0.15, 0.2) is 36.4 Å². The lowest BCUT2D eigenvalue weighted by Gasteiger charge is -2.21. The summed E-state index contributed by atoms with van der Waals surface area (Å²) in [6.45, 7) is 4.98. The SMILES string of the molecule is CCOc1ccc(CN(CC)C(=O)COC(=O)c2ccc3c(c2)CCC3)cc1OC. The molecule has 0 atom stereocenters. The Morgan fingerprint density at radius 3 is 2.53 bits per heavy atom. The lowest BCUT2D eigenvalue weighted by molar-refractivity contribution is -0.134. The van der Waals surface area contributed by atoms with E-state index in [2.05, 4.69) is 0 Å². The molecule has 0 unspecified atom stereocenters. The van der Waals surface area contributed by atoms with Crippen LogP contribution in [0.2, 0.25) is 0 Å². The molecule has 1 aliphatic carbocycles. The first-order chi connectivity index (χ1) is 14.5. The van der Waals surface area contributed by atoms with E-state index in [1.807, 2.05) is 44.2 Å². The molecular formula is C24H29NO5. The molecule has 6 heteroatoms. The Morgan fingerprint density at radius 1 is 1.00 bits per heavy atom. The molecule has 0 radical (unpaired) electrons. The Bertz CT molecular complexity index is 908. The number of rotatable bonds is 9. The molecule has 160 valence electrons. The molecule has 1 amide bonds. The van der Waals surface area contributed by atoms with Gasteiger partial charge in [0.25, 0.3) is 5.91 Å². The standard InChI is InChI=1S/C24H29NO5/c1-4-25(15-17-9-12-21(29-5-2)22(13-17)28-3)23(26)16-30-24(27)20-11-10-18-7-6-8-19(18)14-20/h9-14H,4-8,15-16H2,1-3H3. The zero-order valence-corrected chi connectivity index (χ0v) is 17.9. The molecule has 0 bridgehead atoms. The number of ether oxygens (including phenoxy) is 3. The van der Waals surface area contributed by atoms with E-state index in [1.54, 1.807) is 18.1 Å². The maximum absolute atomic E-state index is 12.6. The molecule has 0 spiro atoms. The summed E-state index contributed by atoms with van der Waals surface area (Å²) in [6, 6.07) is 11.2. The number of fused-ring (bicyclic) bond motifs is 1. The molecule has 0 saturated carbocycles. The van der Waals surface area contributed by atoms with Gasteiger partial charge in [-0.05, 0) is 74.1 Å². The third-order valence-corrected chi connectivity index (χ3v) is 5.30. The molecule has 0 N–H and O–H groups in total. The van der Waals surface area contributed by atoms with E-state index in [9.17, 15) is 9.59 Å². The highest BCUT2D eigenvalue weighted by Gasteiger charge is 2.18. The van der Waals surface area contributed by atoms with Crippen LogP contribution in [-0.4, -0.2) is 43.6 Å². The van der Waals surface area contributed by atoms with Crippen molar-refractivity contribution >= 4 is 11.9 Å². The van der Waals surface area contributed by atoms with E-state index >= 15 is 0 Å². The van der Waals surface area contributed by atoms with Gasteiger partial charge < -0.3 is 19.1 Å². The van der Waals surface area contributed by atoms with Crippen molar-refractivity contribution in [1.82, 2.24) is 4.90 Å². The first-order valence-corrected chi connectivity index (χ1v) is 10.4. The van der Waals surface area contributed by atoms with Crippen LogP contribution in [0.5, 0.6) is 11.5 Å². The highest BCUT2D eigenvalue weighted by atomic mass is 16.5. The summed E-state index contributed by atoms with van der Waals surface area (Å²) in [5.41, 5.74) is 3.92. The maximum atomic E-state index is 12.6. The fourth-order valence-electron chi connectivity index (χ4n) is 3.68. The van der Waals surface area contributed by atoms with Crippen molar-refractivity contribution in [3.05, 3.63) is 58.7 Å². The van der Waals surface area contributed by atoms with Gasteiger partial charge in [-0.15, -0.1) is 0 Å². The van der Waals surface area contributed by atoms with Gasteiger partial charge in [-0.3, -0.25) is 4.79 Å². The maximum Gasteiger partial charge on any atom is 0.338 e. The molecule has 2 aromatic rings. The van der Waals surface area contributed by atoms with E-state index < -0.39 is 5.97 Å². The Labute approximate surface area is 177 Å². The number of likely N-dealkylation sites (N-methyl/N-ethyl adjacent to an activating group) is 1. The molecular weight excluding hydrogens is 382 g/mol. The predicted octanol–water partition coefficient (Wildman–Crippen LogP) is 3.79. The van der Waals surface area contributed by atoms with Crippen LogP contribution in [0.25, 0.3) is 0 Å². The minimum atomic E-state index is -0.461. The predicted molar refractivity (Wildman–Crippen MR) is 114 cm³/mol. The van der Waals surface area contributed by atoms with Crippen LogP contribution >= 0.6 is 0 Å². The van der Waals surface area contributed by atoms with Crippen molar-refractivity contribution < 1.29 is 23.8 Å². The van der Waals surface area contributed by atoms with Crippen LogP contribution in [0.4, 0.5) is 0 Å². The number of esters is 1. The molecule has 0 heterocycles. The first-order valence-electron chi connectivity index (χ1n) is 10.4. The molecule has 3 rings (SSSR count). The molecule has 0 saturated heterocycles. The molecule has 0 aromatic heterocycles. The smallest absolute Gasteiger partial charge is 0.338 e. The van der Waals surface area contributed by atoms with Crippen LogP contribution in [0, 0.1) is 0 Å². The summed E-state index contributed by atoms with van der Waals surface area (Å²) < 4.78 is 16.2. The number of methoxy groups -OCH3 is 1. The number of hydrogen-bond acceptors (Lipinski definition) is 5. The van der Waals surface area contributed by atoms with Gasteiger partial charge in [0, 0.05) is 13.1 Å². The second-order valence-corrected chi connectivity index (χ2v) is 7.24. The van der Waals surface area contributed by atoms with E-state index in [4.69, 9.17) is 14.2 Å². The van der Waals surface area contributed by atoms with Crippen molar-refractivity contribution in [3.63, 3.8) is 0 Å². The zero-order chi connectivity index (χ0) is 21.5. The van der Waals surface area contributed by atoms with Crippen LogP contribution < -0.4 is 9.47 Å². The van der Waals surface area contributed by atoms with Gasteiger partial charge in [0.05, 0.1) is 19.3 Å². The summed E-state index contributed by atoms with van der Waals surface area (Å²) in [4.78, 5) is 26.6. The Hall–Kier alpha value is -3.02. The minimum Gasteiger partial charge on any atom is -0.493 e. The fourth-order valence-corrected chi connectivity index (χ4v) is 3.68. The molecule has 0 aliphatic heterocycles. The summed E-state index contributed by atoms with van der Waals surface area (Å²) in [7, 11) is 1.59. The second-order valence-electron chi connectivity index (χ2n) is 7.24. The van der Waals surface area contributed by atoms with Gasteiger partial charge in [-0.1, -0.05) is 12.1 Å². The summed E-state index contributed by atoms with van der Waals surface area (Å²) in [5.74, 6) is 0.596. The van der Waals surface area contributed by atoms with Crippen LogP contribution in [-0.2, 0) is 28.9 Å². The number of aryl methyl sites for hydroxylation is 2. The van der Waals surface area contributed by atoms with Gasteiger partial charge >= 0.3 is 5.97 Å². The largest absolute Gasteiger partial charge is 0.493 e. The molecule has 0 fully saturated rings. The highest BCUT2D eigenvalue weighted by Crippen LogP contribution is 2.28. The van der Waals surface area contributed by atoms with Gasteiger partial charge in [-0.25, -0.2) is 4.79 Å². The Morgan fingerprint density at radius 2 is 1.80 bits per heavy atom. The highest BCUT2D eigenvalue weighted by molar-refractivity contribution is 5.91. The van der Waals surface area contributed by atoms with Crippen molar-refractivity contribution in [2.45, 2.75) is 39.7 Å². The molecule has 2 aromatic carbocycles. The van der Waals surface area contributed by atoms with Crippen LogP contribution in [0.3, 0.4) is 0 Å². The average molecular weight is 411 g/mol. The van der Waals surface area contributed by atoms with Crippen molar-refractivity contribution in [1.29, 1.82) is 0 Å². The topological polar surface area (TPSA) is 65.1 Å². The van der Waals surface area contributed by atoms with Crippen LogP contribution in [0.1, 0.15) is 47.3 Å². The third kappa shape index (κ3) is 5.12. The third-order valence-electron chi connectivity index (χ3n) is 5.30. The van der Waals surface area contributed by atoms with Crippen molar-refractivity contribution in [2.75, 3.05) is 26.9 Å². The first kappa shape index (κ1) is 21.7. The lowest BCUT2D eigenvalue weighted by atomic mass is 10.1. The minimum absolute atomic E-state index is 0.236. The van der Waals surface area contributed by atoms with Crippen molar-refractivity contribution in [3.8, 4) is 11.5 Å². The Kier molecular flexibility index (Phi) is 7.33. The second kappa shape index (κ2) is 10.1. The lowest BCUT2D eigenvalue weighted by Crippen LogP contribution is -2.34. The zero-order valence-electron chi connectivity index (χ0n) is 17.9. The summed E-state index contributed by atoms with van der Waals surface area (Å²) in [5, 5.41) is 0. The van der Waals surface area contributed by atoms with E-state index in [-0.39, 0.29) is 12.5 Å². The summed E-state index contributed by atoms with van der Waals surface area (Å²) in [6.07, 6.45) is 3.17. The molecule has 1 aliphatic rings. The monoisotopic (exact) mass is 411 g/mol. The van der Waals surface area contributed by atoms with Gasteiger partial charge in [-0.2, -0.15) is 0 Å². The fraction of sp³-hybridized carbons (Fsp3) is 0.417.